The van der Waals surface area contributed by atoms with E-state index in [4.69, 9.17) is 0 Å². The average molecular weight is 323 g/mol. The van der Waals surface area contributed by atoms with Crippen molar-refractivity contribution in [2.24, 2.45) is 0 Å². The van der Waals surface area contributed by atoms with Crippen LogP contribution in [0, 0.1) is 0 Å². The number of hydrogen-bond donors (Lipinski definition) is 1. The largest absolute Gasteiger partial charge is 1.00 e. The predicted octanol–water partition coefficient (Wildman–Crippen LogP) is 1.06. The van der Waals surface area contributed by atoms with Gasteiger partial charge in [-0.3, -0.25) is 0 Å². The summed E-state index contributed by atoms with van der Waals surface area (Å²) in [6, 6.07) is 0. The van der Waals surface area contributed by atoms with Gasteiger partial charge in [0.1, 0.15) is 0 Å². The van der Waals surface area contributed by atoms with Gasteiger partial charge in [-0.05, 0) is 13.5 Å². The average Bonchev–Trinajstić information content (AvgIpc) is 2.48. The first-order valence-electron chi connectivity index (χ1n) is 9.03. The number of hydrogen-bond acceptors (Lipinski definition) is 3. The van der Waals surface area contributed by atoms with E-state index in [1.54, 1.807) is 7.05 Å². The van der Waals surface area contributed by atoms with Gasteiger partial charge in [0.2, 0.25) is 0 Å². The second-order valence-corrected chi connectivity index (χ2v) is 5.76. The minimum Gasteiger partial charge on any atom is -0.550 e. The van der Waals surface area contributed by atoms with Crippen LogP contribution >= 0.6 is 0 Å². The monoisotopic (exact) mass is 323 g/mol. The summed E-state index contributed by atoms with van der Waals surface area (Å²) in [5.74, 6) is -1.01. The molecule has 0 amide bonds. The van der Waals surface area contributed by atoms with Gasteiger partial charge in [-0.15, -0.1) is 0 Å². The number of nitrogens with one attached hydrogen (secondary N) is 1. The molecule has 0 unspecified atom stereocenters. The summed E-state index contributed by atoms with van der Waals surface area (Å²) in [6.45, 7) is 5.06. The van der Waals surface area contributed by atoms with Gasteiger partial charge in [0, 0.05) is 12.5 Å². The zero-order chi connectivity index (χ0) is 16.2. The molecule has 0 aromatic heterocycles. The third kappa shape index (κ3) is 32.4. The van der Waals surface area contributed by atoms with Crippen LogP contribution in [0.1, 0.15) is 97.3 Å². The van der Waals surface area contributed by atoms with E-state index in [1.165, 1.54) is 77.0 Å². The van der Waals surface area contributed by atoms with Crippen molar-refractivity contribution in [1.29, 1.82) is 0 Å². The normalized spacial score (nSPS) is 9.59. The second-order valence-electron chi connectivity index (χ2n) is 5.76. The molecule has 0 bridgehead atoms. The molecule has 0 spiro atoms. The first-order valence-corrected chi connectivity index (χ1v) is 9.03. The Kier molecular flexibility index (Phi) is 32.7. The molecule has 0 aliphatic heterocycles. The number of carbonyl (C=O) groups excluding carboxylic acids is 1. The molecular weight excluding hydrogens is 285 g/mol. The topological polar surface area (TPSA) is 52.2 Å². The maximum Gasteiger partial charge on any atom is 1.00 e. The Balaban J connectivity index is -0.000000385. The summed E-state index contributed by atoms with van der Waals surface area (Å²) in [4.78, 5) is 9.61. The fourth-order valence-corrected chi connectivity index (χ4v) is 2.14. The molecule has 1 N–H and O–H groups in total. The maximum absolute atomic E-state index is 9.61. The van der Waals surface area contributed by atoms with E-state index in [0.29, 0.717) is 6.54 Å². The van der Waals surface area contributed by atoms with E-state index >= 15 is 0 Å². The molecule has 0 aromatic rings. The van der Waals surface area contributed by atoms with Crippen molar-refractivity contribution in [3.05, 3.63) is 0 Å². The van der Waals surface area contributed by atoms with Crippen molar-refractivity contribution in [1.82, 2.24) is 5.32 Å². The van der Waals surface area contributed by atoms with Crippen molar-refractivity contribution in [3.8, 4) is 0 Å². The zero-order valence-electron chi connectivity index (χ0n) is 15.7. The first kappa shape index (κ1) is 27.3. The van der Waals surface area contributed by atoms with Gasteiger partial charge in [-0.1, -0.05) is 90.9 Å². The van der Waals surface area contributed by atoms with E-state index in [2.05, 4.69) is 19.2 Å². The third-order valence-corrected chi connectivity index (χ3v) is 3.54. The molecule has 128 valence electrons. The second kappa shape index (κ2) is 26.3. The van der Waals surface area contributed by atoms with Crippen molar-refractivity contribution in [2.45, 2.75) is 97.3 Å². The maximum atomic E-state index is 9.61. The predicted molar refractivity (Wildman–Crippen MR) is 90.3 cm³/mol. The number of carboxylic acids is 1. The molecule has 0 saturated heterocycles. The Hall–Kier alpha value is 0.430. The van der Waals surface area contributed by atoms with Crippen LogP contribution in [0.4, 0.5) is 0 Å². The smallest absolute Gasteiger partial charge is 0.550 e. The molecule has 0 aliphatic carbocycles. The summed E-state index contributed by atoms with van der Waals surface area (Å²) in [7, 11) is 1.70. The molecule has 0 saturated carbocycles. The van der Waals surface area contributed by atoms with Crippen LogP contribution in [-0.4, -0.2) is 19.6 Å². The fourth-order valence-electron chi connectivity index (χ4n) is 2.14. The SMILES string of the molecule is CCCCCCCCCCCCCC.CNCCC(=O)[O-].[Na+]. The van der Waals surface area contributed by atoms with Crippen molar-refractivity contribution in [3.63, 3.8) is 0 Å². The number of carboxylic acid groups (broad SMARTS) is 1. The molecular formula is C18H38NNaO2. The molecule has 0 radical (unpaired) electrons. The Morgan fingerprint density at radius 3 is 1.27 bits per heavy atom. The molecule has 0 atom stereocenters. The zero-order valence-corrected chi connectivity index (χ0v) is 17.7. The summed E-state index contributed by atoms with van der Waals surface area (Å²) in [5.41, 5.74) is 0. The van der Waals surface area contributed by atoms with Gasteiger partial charge >= 0.3 is 29.6 Å². The van der Waals surface area contributed by atoms with E-state index in [0.717, 1.165) is 0 Å². The van der Waals surface area contributed by atoms with Gasteiger partial charge in [-0.25, -0.2) is 0 Å². The van der Waals surface area contributed by atoms with E-state index in [1.807, 2.05) is 0 Å². The third-order valence-electron chi connectivity index (χ3n) is 3.54. The minimum absolute atomic E-state index is 0. The van der Waals surface area contributed by atoms with Crippen LogP contribution in [-0.2, 0) is 4.79 Å². The molecule has 0 rings (SSSR count). The van der Waals surface area contributed by atoms with Crippen molar-refractivity contribution < 1.29 is 39.5 Å². The number of aliphatic carboxylic acids is 1. The molecule has 0 aromatic carbocycles. The standard InChI is InChI=1S/C14H30.C4H9NO2.Na/c1-3-5-7-9-11-13-14-12-10-8-6-4-2;1-5-3-2-4(6)7;/h3-14H2,1-2H3;5H,2-3H2,1H3,(H,6,7);/q;;+1/p-1. The molecule has 0 heterocycles. The minimum atomic E-state index is -1.01. The van der Waals surface area contributed by atoms with Gasteiger partial charge < -0.3 is 15.2 Å². The molecule has 4 heteroatoms. The molecule has 22 heavy (non-hydrogen) atoms. The fraction of sp³-hybridized carbons (Fsp3) is 0.944. The molecule has 0 fully saturated rings. The van der Waals surface area contributed by atoms with E-state index in [-0.39, 0.29) is 36.0 Å². The first-order chi connectivity index (χ1) is 10.2. The van der Waals surface area contributed by atoms with Crippen LogP contribution in [0.5, 0.6) is 0 Å². The van der Waals surface area contributed by atoms with Crippen LogP contribution in [0.2, 0.25) is 0 Å². The van der Waals surface area contributed by atoms with Gasteiger partial charge in [0.05, 0.1) is 0 Å². The number of unbranched alkanes of at least 4 members (excludes halogenated alkanes) is 11. The van der Waals surface area contributed by atoms with Gasteiger partial charge in [0.25, 0.3) is 0 Å². The Morgan fingerprint density at radius 1 is 0.773 bits per heavy atom. The van der Waals surface area contributed by atoms with Crippen LogP contribution in [0.3, 0.4) is 0 Å². The molecule has 3 nitrogen and oxygen atoms in total. The Labute approximate surface area is 161 Å². The number of rotatable bonds is 14. The number of carbonyl (C=O) groups is 1. The Bertz CT molecular complexity index is 190. The molecule has 0 aliphatic rings. The van der Waals surface area contributed by atoms with E-state index in [9.17, 15) is 9.90 Å². The summed E-state index contributed by atoms with van der Waals surface area (Å²) >= 11 is 0. The van der Waals surface area contributed by atoms with Crippen LogP contribution < -0.4 is 40.0 Å². The van der Waals surface area contributed by atoms with Crippen molar-refractivity contribution >= 4 is 5.97 Å². The van der Waals surface area contributed by atoms with Gasteiger partial charge in [-0.2, -0.15) is 0 Å². The summed E-state index contributed by atoms with van der Waals surface area (Å²) < 4.78 is 0. The van der Waals surface area contributed by atoms with Crippen LogP contribution in [0.15, 0.2) is 0 Å². The van der Waals surface area contributed by atoms with E-state index < -0.39 is 5.97 Å². The van der Waals surface area contributed by atoms with Crippen LogP contribution in [0.25, 0.3) is 0 Å². The Morgan fingerprint density at radius 2 is 1.09 bits per heavy atom. The summed E-state index contributed by atoms with van der Waals surface area (Å²) in [5, 5.41) is 12.3. The van der Waals surface area contributed by atoms with Crippen molar-refractivity contribution in [2.75, 3.05) is 13.6 Å². The summed E-state index contributed by atoms with van der Waals surface area (Å²) in [6.07, 6.45) is 17.5. The quantitative estimate of drug-likeness (QED) is 0.384. The van der Waals surface area contributed by atoms with Gasteiger partial charge in [0.15, 0.2) is 0 Å².